The summed E-state index contributed by atoms with van der Waals surface area (Å²) in [4.78, 5) is 6.27. The second-order valence-corrected chi connectivity index (χ2v) is 4.93. The van der Waals surface area contributed by atoms with Crippen LogP contribution in [0.3, 0.4) is 0 Å². The third-order valence-corrected chi connectivity index (χ3v) is 3.27. The number of pyridine rings is 1. The molecule has 2 heterocycles. The van der Waals surface area contributed by atoms with E-state index in [1.807, 2.05) is 24.0 Å². The maximum absolute atomic E-state index is 13.0. The zero-order valence-corrected chi connectivity index (χ0v) is 10.6. The molecule has 0 saturated carbocycles. The van der Waals surface area contributed by atoms with E-state index in [9.17, 15) is 8.78 Å². The Morgan fingerprint density at radius 3 is 2.56 bits per heavy atom. The van der Waals surface area contributed by atoms with Crippen molar-refractivity contribution in [2.75, 3.05) is 18.0 Å². The van der Waals surface area contributed by atoms with Crippen LogP contribution in [0.15, 0.2) is 16.7 Å². The summed E-state index contributed by atoms with van der Waals surface area (Å²) < 4.78 is 26.8. The zero-order chi connectivity index (χ0) is 11.8. The molecular weight excluding hydrogens is 278 g/mol. The number of piperidine rings is 1. The summed E-state index contributed by atoms with van der Waals surface area (Å²) in [5.41, 5.74) is 1.02. The zero-order valence-electron chi connectivity index (χ0n) is 9.01. The molecule has 0 atom stereocenters. The van der Waals surface area contributed by atoms with Crippen molar-refractivity contribution < 1.29 is 8.78 Å². The number of halogens is 3. The maximum atomic E-state index is 13.0. The molecule has 1 fully saturated rings. The number of aryl methyl sites for hydroxylation is 1. The van der Waals surface area contributed by atoms with Crippen LogP contribution in [-0.2, 0) is 0 Å². The van der Waals surface area contributed by atoms with E-state index in [0.29, 0.717) is 13.1 Å². The molecule has 0 bridgehead atoms. The maximum Gasteiger partial charge on any atom is 0.251 e. The Hall–Kier alpha value is -0.710. The van der Waals surface area contributed by atoms with Crippen LogP contribution in [0, 0.1) is 6.92 Å². The molecule has 1 saturated heterocycles. The summed E-state index contributed by atoms with van der Waals surface area (Å²) in [6, 6.07) is 3.80. The van der Waals surface area contributed by atoms with Gasteiger partial charge in [-0.3, -0.25) is 0 Å². The van der Waals surface area contributed by atoms with Crippen molar-refractivity contribution in [3.8, 4) is 0 Å². The Labute approximate surface area is 102 Å². The molecule has 0 radical (unpaired) electrons. The first kappa shape index (κ1) is 11.8. The molecule has 16 heavy (non-hydrogen) atoms. The minimum Gasteiger partial charge on any atom is -0.356 e. The summed E-state index contributed by atoms with van der Waals surface area (Å²) in [6.07, 6.45) is -0.165. The largest absolute Gasteiger partial charge is 0.356 e. The number of alkyl halides is 2. The number of anilines is 1. The predicted molar refractivity (Wildman–Crippen MR) is 63.1 cm³/mol. The molecule has 2 nitrogen and oxygen atoms in total. The van der Waals surface area contributed by atoms with Gasteiger partial charge < -0.3 is 4.90 Å². The number of rotatable bonds is 1. The first-order valence-corrected chi connectivity index (χ1v) is 6.03. The van der Waals surface area contributed by atoms with Gasteiger partial charge >= 0.3 is 0 Å². The summed E-state index contributed by atoms with van der Waals surface area (Å²) in [6.45, 7) is 2.69. The normalized spacial score (nSPS) is 19.9. The summed E-state index contributed by atoms with van der Waals surface area (Å²) in [5.74, 6) is -1.69. The Morgan fingerprint density at radius 1 is 1.31 bits per heavy atom. The topological polar surface area (TPSA) is 16.1 Å². The van der Waals surface area contributed by atoms with Gasteiger partial charge in [-0.1, -0.05) is 6.07 Å². The van der Waals surface area contributed by atoms with Gasteiger partial charge in [-0.05, 0) is 34.5 Å². The highest BCUT2D eigenvalue weighted by Gasteiger charge is 2.34. The fourth-order valence-corrected chi connectivity index (χ4v) is 2.16. The molecule has 1 aromatic heterocycles. The molecule has 0 amide bonds. The Bertz CT molecular complexity index is 386. The molecular formula is C11H13BrF2N2. The van der Waals surface area contributed by atoms with Crippen LogP contribution in [0.2, 0.25) is 0 Å². The van der Waals surface area contributed by atoms with Gasteiger partial charge in [-0.15, -0.1) is 0 Å². The quantitative estimate of drug-likeness (QED) is 0.737. The molecule has 1 aliphatic heterocycles. The fourth-order valence-electron chi connectivity index (χ4n) is 1.86. The average molecular weight is 291 g/mol. The molecule has 2 rings (SSSR count). The predicted octanol–water partition coefficient (Wildman–Crippen LogP) is 3.39. The third kappa shape index (κ3) is 2.51. The SMILES string of the molecule is Cc1ccc(Br)nc1N1CCC(F)(F)CC1. The lowest BCUT2D eigenvalue weighted by molar-refractivity contribution is -0.0221. The van der Waals surface area contributed by atoms with Crippen molar-refractivity contribution in [3.05, 3.63) is 22.3 Å². The fraction of sp³-hybridized carbons (Fsp3) is 0.545. The minimum atomic E-state index is -2.50. The van der Waals surface area contributed by atoms with Gasteiger partial charge in [0.05, 0.1) is 0 Å². The molecule has 1 aromatic rings. The molecule has 0 unspecified atom stereocenters. The molecule has 5 heteroatoms. The average Bonchev–Trinajstić information content (AvgIpc) is 2.22. The van der Waals surface area contributed by atoms with E-state index in [-0.39, 0.29) is 12.8 Å². The van der Waals surface area contributed by atoms with E-state index >= 15 is 0 Å². The van der Waals surface area contributed by atoms with Gasteiger partial charge in [-0.25, -0.2) is 13.8 Å². The van der Waals surface area contributed by atoms with Gasteiger partial charge in [0.25, 0.3) is 5.92 Å². The third-order valence-electron chi connectivity index (χ3n) is 2.83. The second kappa shape index (κ2) is 4.28. The van der Waals surface area contributed by atoms with Gasteiger partial charge in [0.15, 0.2) is 0 Å². The smallest absolute Gasteiger partial charge is 0.251 e. The van der Waals surface area contributed by atoms with E-state index < -0.39 is 5.92 Å². The molecule has 1 aliphatic rings. The lowest BCUT2D eigenvalue weighted by Gasteiger charge is -2.33. The first-order valence-electron chi connectivity index (χ1n) is 5.24. The lowest BCUT2D eigenvalue weighted by Crippen LogP contribution is -2.40. The van der Waals surface area contributed by atoms with Crippen molar-refractivity contribution in [2.45, 2.75) is 25.7 Å². The number of aromatic nitrogens is 1. The summed E-state index contributed by atoms with van der Waals surface area (Å²) in [7, 11) is 0. The molecule has 0 N–H and O–H groups in total. The van der Waals surface area contributed by atoms with Gasteiger partial charge in [0.2, 0.25) is 0 Å². The highest BCUT2D eigenvalue weighted by atomic mass is 79.9. The van der Waals surface area contributed by atoms with Crippen molar-refractivity contribution in [1.29, 1.82) is 0 Å². The van der Waals surface area contributed by atoms with Crippen LogP contribution in [0.25, 0.3) is 0 Å². The number of hydrogen-bond donors (Lipinski definition) is 0. The molecule has 88 valence electrons. The summed E-state index contributed by atoms with van der Waals surface area (Å²) >= 11 is 3.30. The number of nitrogens with zero attached hydrogens (tertiary/aromatic N) is 2. The van der Waals surface area contributed by atoms with Crippen molar-refractivity contribution >= 4 is 21.7 Å². The van der Waals surface area contributed by atoms with E-state index in [0.717, 1.165) is 16.0 Å². The van der Waals surface area contributed by atoms with Crippen molar-refractivity contribution in [3.63, 3.8) is 0 Å². The van der Waals surface area contributed by atoms with Crippen LogP contribution in [0.4, 0.5) is 14.6 Å². The summed E-state index contributed by atoms with van der Waals surface area (Å²) in [5, 5.41) is 0. The lowest BCUT2D eigenvalue weighted by atomic mass is 10.1. The van der Waals surface area contributed by atoms with Gasteiger partial charge in [0, 0.05) is 25.9 Å². The van der Waals surface area contributed by atoms with Gasteiger partial charge in [-0.2, -0.15) is 0 Å². The Kier molecular flexibility index (Phi) is 3.15. The van der Waals surface area contributed by atoms with E-state index in [1.165, 1.54) is 0 Å². The van der Waals surface area contributed by atoms with Crippen LogP contribution >= 0.6 is 15.9 Å². The van der Waals surface area contributed by atoms with Crippen LogP contribution in [0.5, 0.6) is 0 Å². The minimum absolute atomic E-state index is 0.0827. The molecule has 0 aliphatic carbocycles. The van der Waals surface area contributed by atoms with Crippen molar-refractivity contribution in [1.82, 2.24) is 4.98 Å². The Balaban J connectivity index is 2.17. The van der Waals surface area contributed by atoms with Crippen LogP contribution in [0.1, 0.15) is 18.4 Å². The van der Waals surface area contributed by atoms with E-state index in [1.54, 1.807) is 0 Å². The highest BCUT2D eigenvalue weighted by molar-refractivity contribution is 9.10. The Morgan fingerprint density at radius 2 is 1.94 bits per heavy atom. The van der Waals surface area contributed by atoms with Crippen LogP contribution in [-0.4, -0.2) is 24.0 Å². The number of hydrogen-bond acceptors (Lipinski definition) is 2. The molecule has 0 spiro atoms. The molecule has 0 aromatic carbocycles. The first-order chi connectivity index (χ1) is 7.48. The standard InChI is InChI=1S/C11H13BrF2N2/c1-8-2-3-9(12)15-10(8)16-6-4-11(13,14)5-7-16/h2-3H,4-7H2,1H3. The second-order valence-electron chi connectivity index (χ2n) is 4.12. The highest BCUT2D eigenvalue weighted by Crippen LogP contribution is 2.31. The van der Waals surface area contributed by atoms with Crippen LogP contribution < -0.4 is 4.90 Å². The van der Waals surface area contributed by atoms with Crippen molar-refractivity contribution in [2.24, 2.45) is 0 Å². The van der Waals surface area contributed by atoms with E-state index in [4.69, 9.17) is 0 Å². The van der Waals surface area contributed by atoms with Gasteiger partial charge in [0.1, 0.15) is 10.4 Å². The monoisotopic (exact) mass is 290 g/mol. The van der Waals surface area contributed by atoms with E-state index in [2.05, 4.69) is 20.9 Å².